The highest BCUT2D eigenvalue weighted by atomic mass is 35.5. The van der Waals surface area contributed by atoms with E-state index in [9.17, 15) is 19.2 Å². The van der Waals surface area contributed by atoms with Gasteiger partial charge in [0.25, 0.3) is 0 Å². The fourth-order valence-corrected chi connectivity index (χ4v) is 10.7. The van der Waals surface area contributed by atoms with Gasteiger partial charge in [0.2, 0.25) is 5.91 Å². The van der Waals surface area contributed by atoms with Crippen molar-refractivity contribution in [3.05, 3.63) is 91.7 Å². The molecule has 0 saturated carbocycles. The van der Waals surface area contributed by atoms with Crippen molar-refractivity contribution in [1.29, 1.82) is 0 Å². The van der Waals surface area contributed by atoms with Gasteiger partial charge < -0.3 is 34.2 Å². The van der Waals surface area contributed by atoms with E-state index in [1.165, 1.54) is 39.9 Å². The molecule has 2 aromatic rings. The van der Waals surface area contributed by atoms with Crippen LogP contribution in [-0.4, -0.2) is 146 Å². The van der Waals surface area contributed by atoms with Crippen LogP contribution in [0.4, 0.5) is 4.79 Å². The zero-order valence-electron chi connectivity index (χ0n) is 37.0. The van der Waals surface area contributed by atoms with Crippen molar-refractivity contribution in [2.45, 2.75) is 102 Å². The Kier molecular flexibility index (Phi) is 14.6. The van der Waals surface area contributed by atoms with Crippen LogP contribution in [0.15, 0.2) is 65.0 Å². The van der Waals surface area contributed by atoms with Crippen LogP contribution in [0.5, 0.6) is 0 Å². The largest absolute Gasteiger partial charge is 0.466 e. The summed E-state index contributed by atoms with van der Waals surface area (Å²) in [6.07, 6.45) is 5.31. The number of amides is 2. The molecule has 1 N–H and O–H groups in total. The minimum absolute atomic E-state index is 0.0892. The number of carbonyl (C=O) groups is 4. The first-order valence-corrected chi connectivity index (χ1v) is 22.8. The van der Waals surface area contributed by atoms with E-state index in [1.54, 1.807) is 23.1 Å². The number of aryl methyl sites for hydroxylation is 1. The lowest BCUT2D eigenvalue weighted by Gasteiger charge is -2.45. The molecule has 0 radical (unpaired) electrons. The van der Waals surface area contributed by atoms with Gasteiger partial charge in [-0.3, -0.25) is 14.6 Å². The topological polar surface area (TPSA) is 124 Å². The van der Waals surface area contributed by atoms with Crippen molar-refractivity contribution in [3.63, 3.8) is 0 Å². The van der Waals surface area contributed by atoms with Gasteiger partial charge in [0.05, 0.1) is 37.7 Å². The quantitative estimate of drug-likeness (QED) is 0.200. The Bertz CT molecular complexity index is 2040. The monoisotopic (exact) mass is 892 g/mol. The number of rotatable bonds is 11. The zero-order chi connectivity index (χ0) is 44.3. The van der Waals surface area contributed by atoms with Gasteiger partial charge in [-0.05, 0) is 89.6 Å². The number of carbonyl (C=O) groups excluding carboxylic acids is 4. The highest BCUT2D eigenvalue weighted by Gasteiger charge is 2.44. The first kappa shape index (κ1) is 45.9. The summed E-state index contributed by atoms with van der Waals surface area (Å²) in [5.74, 6) is -2.57. The van der Waals surface area contributed by atoms with Crippen LogP contribution < -0.4 is 5.32 Å². The summed E-state index contributed by atoms with van der Waals surface area (Å²) in [4.78, 5) is 66.1. The summed E-state index contributed by atoms with van der Waals surface area (Å²) in [7, 11) is 4.83. The standard InChI is InChI=1S/C47H62Cl2N6O7/c1-47(2,3)62-46(59)55-20-18-52(19-21-55)29-31-11-8-7-10-30(31)14-17-37-41(44(57)60-5)43(40-35(48)12-9-13-36(40)49)42(45(58)61-6)38(50-37)28-39(56)54-24-22-53(23-25-54)34-26-32-15-16-33(27-34)51(32)4/h7-13,32-34,43,50H,14-29H2,1-6H3. The molecule has 2 amide bonds. The van der Waals surface area contributed by atoms with Crippen LogP contribution in [-0.2, 0) is 41.6 Å². The van der Waals surface area contributed by atoms with Gasteiger partial charge in [-0.25, -0.2) is 14.4 Å². The minimum atomic E-state index is -1.08. The molecule has 15 heteroatoms. The van der Waals surface area contributed by atoms with E-state index < -0.39 is 23.5 Å². The summed E-state index contributed by atoms with van der Waals surface area (Å²) >= 11 is 13.8. The molecule has 5 aliphatic rings. The van der Waals surface area contributed by atoms with E-state index in [2.05, 4.69) is 39.2 Å². The SMILES string of the molecule is COC(=O)C1=C(CCc2ccccc2CN2CCN(C(=O)OC(C)(C)C)CC2)NC(CC(=O)N2CCN(C3CC4CCC(C3)N4C)CC2)=C(C(=O)OC)C1c1c(Cl)cccc1Cl. The van der Waals surface area contributed by atoms with E-state index in [0.717, 1.165) is 24.2 Å². The second kappa shape index (κ2) is 19.7. The highest BCUT2D eigenvalue weighted by Crippen LogP contribution is 2.46. The molecule has 4 saturated heterocycles. The summed E-state index contributed by atoms with van der Waals surface area (Å²) < 4.78 is 16.4. The number of hydrogen-bond donors (Lipinski definition) is 1. The number of piperazine rings is 2. The maximum Gasteiger partial charge on any atom is 0.410 e. The Balaban J connectivity index is 1.13. The molecule has 3 unspecified atom stereocenters. The summed E-state index contributed by atoms with van der Waals surface area (Å²) in [6, 6.07) is 15.0. The van der Waals surface area contributed by atoms with Gasteiger partial charge in [-0.15, -0.1) is 0 Å². The Labute approximate surface area is 376 Å². The lowest BCUT2D eigenvalue weighted by Crippen LogP contribution is -2.56. The first-order valence-electron chi connectivity index (χ1n) is 22.0. The van der Waals surface area contributed by atoms with E-state index in [1.807, 2.05) is 37.8 Å². The number of benzene rings is 2. The van der Waals surface area contributed by atoms with Crippen molar-refractivity contribution in [2.24, 2.45) is 0 Å². The van der Waals surface area contributed by atoms with E-state index in [-0.39, 0.29) is 39.6 Å². The number of fused-ring (bicyclic) bond motifs is 2. The molecule has 2 aromatic carbocycles. The van der Waals surface area contributed by atoms with Crippen LogP contribution in [0.2, 0.25) is 10.0 Å². The predicted molar refractivity (Wildman–Crippen MR) is 239 cm³/mol. The van der Waals surface area contributed by atoms with E-state index in [4.69, 9.17) is 37.4 Å². The maximum atomic E-state index is 14.3. The molecule has 2 bridgehead atoms. The molecular weight excluding hydrogens is 831 g/mol. The van der Waals surface area contributed by atoms with Crippen LogP contribution in [0.1, 0.15) is 81.9 Å². The average molecular weight is 894 g/mol. The van der Waals surface area contributed by atoms with Crippen LogP contribution in [0.3, 0.4) is 0 Å². The molecule has 4 fully saturated rings. The summed E-state index contributed by atoms with van der Waals surface area (Å²) in [5, 5.41) is 3.94. The lowest BCUT2D eigenvalue weighted by atomic mass is 9.78. The third-order valence-corrected chi connectivity index (χ3v) is 14.1. The van der Waals surface area contributed by atoms with Crippen LogP contribution in [0, 0.1) is 0 Å². The number of dihydropyridines is 1. The third kappa shape index (κ3) is 10.3. The average Bonchev–Trinajstić information content (AvgIpc) is 3.43. The van der Waals surface area contributed by atoms with Crippen molar-refractivity contribution < 1.29 is 33.4 Å². The Hall–Kier alpha value is -4.14. The van der Waals surface area contributed by atoms with E-state index in [0.29, 0.717) is 93.7 Å². The van der Waals surface area contributed by atoms with Crippen LogP contribution in [0.25, 0.3) is 0 Å². The van der Waals surface area contributed by atoms with Crippen LogP contribution >= 0.6 is 23.2 Å². The number of allylic oxidation sites excluding steroid dienone is 1. The fraction of sp³-hybridized carbons (Fsp3) is 0.574. The van der Waals surface area contributed by atoms with Crippen molar-refractivity contribution in [3.8, 4) is 0 Å². The fourth-order valence-electron chi connectivity index (χ4n) is 10.1. The van der Waals surface area contributed by atoms with Crippen molar-refractivity contribution in [2.75, 3.05) is 73.6 Å². The number of nitrogens with zero attached hydrogens (tertiary/aromatic N) is 5. The van der Waals surface area contributed by atoms with Gasteiger partial charge in [0.1, 0.15) is 5.60 Å². The second-order valence-corrected chi connectivity index (χ2v) is 19.1. The lowest BCUT2D eigenvalue weighted by molar-refractivity contribution is -0.137. The number of esters is 2. The normalized spacial score (nSPS) is 23.9. The smallest absolute Gasteiger partial charge is 0.410 e. The second-order valence-electron chi connectivity index (χ2n) is 18.2. The molecule has 3 atom stereocenters. The van der Waals surface area contributed by atoms with E-state index >= 15 is 0 Å². The number of methoxy groups -OCH3 is 2. The number of ether oxygens (including phenoxy) is 3. The number of piperidine rings is 1. The number of halogens is 2. The van der Waals surface area contributed by atoms with Gasteiger partial charge in [-0.2, -0.15) is 0 Å². The summed E-state index contributed by atoms with van der Waals surface area (Å²) in [5.41, 5.74) is 3.11. The molecule has 0 aromatic heterocycles. The maximum absolute atomic E-state index is 14.3. The number of nitrogens with one attached hydrogen (secondary N) is 1. The van der Waals surface area contributed by atoms with Crippen molar-refractivity contribution in [1.82, 2.24) is 29.8 Å². The molecule has 5 heterocycles. The van der Waals surface area contributed by atoms with Crippen molar-refractivity contribution >= 4 is 47.1 Å². The Morgan fingerprint density at radius 3 is 1.85 bits per heavy atom. The molecular formula is C47H62Cl2N6O7. The molecule has 336 valence electrons. The molecule has 0 aliphatic carbocycles. The molecule has 7 rings (SSSR count). The molecule has 0 spiro atoms. The van der Waals surface area contributed by atoms with Gasteiger partial charge in [-0.1, -0.05) is 53.5 Å². The first-order chi connectivity index (χ1) is 29.6. The Morgan fingerprint density at radius 1 is 0.710 bits per heavy atom. The third-order valence-electron chi connectivity index (χ3n) is 13.4. The van der Waals surface area contributed by atoms with Gasteiger partial charge >= 0.3 is 18.0 Å². The summed E-state index contributed by atoms with van der Waals surface area (Å²) in [6.45, 7) is 11.6. The highest BCUT2D eigenvalue weighted by molar-refractivity contribution is 6.36. The molecule has 13 nitrogen and oxygen atoms in total. The zero-order valence-corrected chi connectivity index (χ0v) is 38.5. The van der Waals surface area contributed by atoms with Gasteiger partial charge in [0.15, 0.2) is 0 Å². The number of hydrogen-bond acceptors (Lipinski definition) is 11. The molecule has 5 aliphatic heterocycles. The predicted octanol–water partition coefficient (Wildman–Crippen LogP) is 6.38. The van der Waals surface area contributed by atoms with Gasteiger partial charge in [0, 0.05) is 104 Å². The Morgan fingerprint density at radius 2 is 1.27 bits per heavy atom. The minimum Gasteiger partial charge on any atom is -0.466 e. The molecule has 62 heavy (non-hydrogen) atoms.